The van der Waals surface area contributed by atoms with E-state index in [9.17, 15) is 0 Å². The molecule has 4 nitrogen and oxygen atoms in total. The van der Waals surface area contributed by atoms with Gasteiger partial charge < -0.3 is 20.1 Å². The molecule has 3 atom stereocenters. The molecule has 3 unspecified atom stereocenters. The molecule has 0 spiro atoms. The molecule has 0 aromatic carbocycles. The van der Waals surface area contributed by atoms with Gasteiger partial charge in [0.05, 0.1) is 18.8 Å². The lowest BCUT2D eigenvalue weighted by Gasteiger charge is -2.27. The molecule has 1 aliphatic carbocycles. The highest BCUT2D eigenvalue weighted by molar-refractivity contribution is 4.85. The zero-order valence-corrected chi connectivity index (χ0v) is 9.50. The Labute approximate surface area is 91.7 Å². The Hall–Kier alpha value is -0.160. The van der Waals surface area contributed by atoms with Crippen LogP contribution in [-0.2, 0) is 9.47 Å². The second-order valence-corrected chi connectivity index (χ2v) is 4.42. The maximum Gasteiger partial charge on any atom is 0.0824 e. The van der Waals surface area contributed by atoms with E-state index < -0.39 is 0 Å². The van der Waals surface area contributed by atoms with Crippen LogP contribution in [0.1, 0.15) is 19.3 Å². The van der Waals surface area contributed by atoms with Gasteiger partial charge in [-0.2, -0.15) is 0 Å². The first-order valence-corrected chi connectivity index (χ1v) is 5.98. The normalized spacial score (nSPS) is 37.0. The van der Waals surface area contributed by atoms with Gasteiger partial charge in [-0.1, -0.05) is 0 Å². The van der Waals surface area contributed by atoms with E-state index in [4.69, 9.17) is 9.47 Å². The van der Waals surface area contributed by atoms with Crippen molar-refractivity contribution in [3.63, 3.8) is 0 Å². The van der Waals surface area contributed by atoms with Gasteiger partial charge in [0, 0.05) is 32.8 Å². The highest BCUT2D eigenvalue weighted by Crippen LogP contribution is 2.21. The van der Waals surface area contributed by atoms with Crippen LogP contribution >= 0.6 is 0 Å². The minimum Gasteiger partial charge on any atom is -0.380 e. The Morgan fingerprint density at radius 1 is 1.47 bits per heavy atom. The molecular weight excluding hydrogens is 192 g/mol. The summed E-state index contributed by atoms with van der Waals surface area (Å²) < 4.78 is 11.1. The van der Waals surface area contributed by atoms with Crippen molar-refractivity contribution >= 4 is 0 Å². The molecule has 0 radical (unpaired) electrons. The van der Waals surface area contributed by atoms with Crippen molar-refractivity contribution < 1.29 is 9.47 Å². The average molecular weight is 214 g/mol. The molecule has 88 valence electrons. The fraction of sp³-hybridized carbons (Fsp3) is 1.00. The minimum absolute atomic E-state index is 0.330. The lowest BCUT2D eigenvalue weighted by Crippen LogP contribution is -2.47. The van der Waals surface area contributed by atoms with Crippen molar-refractivity contribution in [2.45, 2.75) is 37.5 Å². The Kier molecular flexibility index (Phi) is 4.38. The quantitative estimate of drug-likeness (QED) is 0.698. The summed E-state index contributed by atoms with van der Waals surface area (Å²) >= 11 is 0. The van der Waals surface area contributed by atoms with Crippen molar-refractivity contribution in [1.82, 2.24) is 10.6 Å². The summed E-state index contributed by atoms with van der Waals surface area (Å²) in [5, 5.41) is 6.90. The van der Waals surface area contributed by atoms with Gasteiger partial charge in [0.1, 0.15) is 0 Å². The fourth-order valence-corrected chi connectivity index (χ4v) is 2.48. The van der Waals surface area contributed by atoms with E-state index in [-0.39, 0.29) is 0 Å². The standard InChI is InChI=1S/C11H22N2O2/c1-14-11-4-2-3-10(11)13-8-9-7-12-5-6-15-9/h9-13H,2-8H2,1H3. The summed E-state index contributed by atoms with van der Waals surface area (Å²) in [5.74, 6) is 0. The van der Waals surface area contributed by atoms with Gasteiger partial charge in [-0.05, 0) is 19.3 Å². The second kappa shape index (κ2) is 5.80. The Morgan fingerprint density at radius 3 is 3.13 bits per heavy atom. The van der Waals surface area contributed by atoms with Crippen molar-refractivity contribution in [2.75, 3.05) is 33.4 Å². The first kappa shape index (κ1) is 11.3. The zero-order valence-electron chi connectivity index (χ0n) is 9.50. The summed E-state index contributed by atoms with van der Waals surface area (Å²) in [6, 6.07) is 0.528. The Balaban J connectivity index is 1.67. The van der Waals surface area contributed by atoms with Gasteiger partial charge in [0.2, 0.25) is 0 Å². The van der Waals surface area contributed by atoms with Gasteiger partial charge in [0.15, 0.2) is 0 Å². The predicted molar refractivity (Wildman–Crippen MR) is 59.0 cm³/mol. The van der Waals surface area contributed by atoms with Crippen LogP contribution in [0.3, 0.4) is 0 Å². The molecule has 2 N–H and O–H groups in total. The van der Waals surface area contributed by atoms with Gasteiger partial charge in [-0.3, -0.25) is 0 Å². The maximum absolute atomic E-state index is 5.64. The first-order valence-electron chi connectivity index (χ1n) is 5.98. The summed E-state index contributed by atoms with van der Waals surface area (Å²) in [4.78, 5) is 0. The average Bonchev–Trinajstić information content (AvgIpc) is 2.75. The second-order valence-electron chi connectivity index (χ2n) is 4.42. The number of rotatable bonds is 4. The van der Waals surface area contributed by atoms with Crippen LogP contribution in [-0.4, -0.2) is 51.6 Å². The number of methoxy groups -OCH3 is 1. The van der Waals surface area contributed by atoms with E-state index >= 15 is 0 Å². The summed E-state index contributed by atoms with van der Waals surface area (Å²) in [5.41, 5.74) is 0. The van der Waals surface area contributed by atoms with Crippen LogP contribution in [0.2, 0.25) is 0 Å². The van der Waals surface area contributed by atoms with Crippen LogP contribution in [0, 0.1) is 0 Å². The van der Waals surface area contributed by atoms with Crippen molar-refractivity contribution in [3.8, 4) is 0 Å². The Bertz CT molecular complexity index is 183. The Morgan fingerprint density at radius 2 is 2.40 bits per heavy atom. The van der Waals surface area contributed by atoms with E-state index in [1.165, 1.54) is 19.3 Å². The fourth-order valence-electron chi connectivity index (χ4n) is 2.48. The lowest BCUT2D eigenvalue weighted by atomic mass is 10.2. The number of ether oxygens (including phenoxy) is 2. The SMILES string of the molecule is COC1CCCC1NCC1CNCCO1. The smallest absolute Gasteiger partial charge is 0.0824 e. The molecule has 0 bridgehead atoms. The molecule has 2 aliphatic rings. The highest BCUT2D eigenvalue weighted by Gasteiger charge is 2.27. The molecule has 2 rings (SSSR count). The highest BCUT2D eigenvalue weighted by atomic mass is 16.5. The molecule has 4 heteroatoms. The predicted octanol–water partition coefficient (Wildman–Crippen LogP) is 0.132. The summed E-state index contributed by atoms with van der Waals surface area (Å²) in [6.07, 6.45) is 4.44. The van der Waals surface area contributed by atoms with Crippen LogP contribution in [0.5, 0.6) is 0 Å². The third-order valence-corrected chi connectivity index (χ3v) is 3.37. The number of morpholine rings is 1. The van der Waals surface area contributed by atoms with Crippen molar-refractivity contribution in [1.29, 1.82) is 0 Å². The van der Waals surface area contributed by atoms with E-state index in [0.717, 1.165) is 26.2 Å². The van der Waals surface area contributed by atoms with Gasteiger partial charge in [-0.25, -0.2) is 0 Å². The van der Waals surface area contributed by atoms with Gasteiger partial charge >= 0.3 is 0 Å². The van der Waals surface area contributed by atoms with E-state index in [2.05, 4.69) is 10.6 Å². The van der Waals surface area contributed by atoms with Crippen molar-refractivity contribution in [2.24, 2.45) is 0 Å². The summed E-state index contributed by atoms with van der Waals surface area (Å²) in [7, 11) is 1.81. The molecule has 1 aliphatic heterocycles. The zero-order chi connectivity index (χ0) is 10.5. The van der Waals surface area contributed by atoms with Crippen LogP contribution in [0.25, 0.3) is 0 Å². The number of hydrogen-bond acceptors (Lipinski definition) is 4. The van der Waals surface area contributed by atoms with Crippen molar-refractivity contribution in [3.05, 3.63) is 0 Å². The maximum atomic E-state index is 5.64. The molecule has 0 amide bonds. The molecule has 1 saturated carbocycles. The molecular formula is C11H22N2O2. The lowest BCUT2D eigenvalue weighted by molar-refractivity contribution is 0.0213. The first-order chi connectivity index (χ1) is 7.40. The number of hydrogen-bond donors (Lipinski definition) is 2. The molecule has 0 aromatic heterocycles. The minimum atomic E-state index is 0.330. The molecule has 15 heavy (non-hydrogen) atoms. The van der Waals surface area contributed by atoms with Crippen LogP contribution in [0.15, 0.2) is 0 Å². The third kappa shape index (κ3) is 3.14. The monoisotopic (exact) mass is 214 g/mol. The third-order valence-electron chi connectivity index (χ3n) is 3.37. The van der Waals surface area contributed by atoms with Gasteiger partial charge in [-0.15, -0.1) is 0 Å². The largest absolute Gasteiger partial charge is 0.380 e. The summed E-state index contributed by atoms with van der Waals surface area (Å²) in [6.45, 7) is 3.74. The van der Waals surface area contributed by atoms with E-state index in [0.29, 0.717) is 18.2 Å². The van der Waals surface area contributed by atoms with E-state index in [1.807, 2.05) is 7.11 Å². The molecule has 2 fully saturated rings. The molecule has 0 aromatic rings. The molecule has 1 saturated heterocycles. The van der Waals surface area contributed by atoms with E-state index in [1.54, 1.807) is 0 Å². The topological polar surface area (TPSA) is 42.5 Å². The van der Waals surface area contributed by atoms with Crippen LogP contribution < -0.4 is 10.6 Å². The number of nitrogens with one attached hydrogen (secondary N) is 2. The van der Waals surface area contributed by atoms with Gasteiger partial charge in [0.25, 0.3) is 0 Å². The molecule has 1 heterocycles. The van der Waals surface area contributed by atoms with Crippen LogP contribution in [0.4, 0.5) is 0 Å².